The van der Waals surface area contributed by atoms with Gasteiger partial charge in [-0.25, -0.2) is 4.79 Å². The summed E-state index contributed by atoms with van der Waals surface area (Å²) in [6, 6.07) is 18.2. The molecule has 3 nitrogen and oxygen atoms in total. The first kappa shape index (κ1) is 20.3. The molecule has 3 aromatic carbocycles. The second kappa shape index (κ2) is 9.20. The van der Waals surface area contributed by atoms with E-state index in [1.54, 1.807) is 72.8 Å². The van der Waals surface area contributed by atoms with Crippen molar-refractivity contribution in [2.75, 3.05) is 0 Å². The van der Waals surface area contributed by atoms with Crippen molar-refractivity contribution in [3.63, 3.8) is 0 Å². The largest absolute Gasteiger partial charge is 0.423 e. The van der Waals surface area contributed by atoms with Crippen molar-refractivity contribution in [2.45, 2.75) is 0 Å². The van der Waals surface area contributed by atoms with Gasteiger partial charge in [0.05, 0.1) is 5.56 Å². The van der Waals surface area contributed by atoms with E-state index >= 15 is 0 Å². The van der Waals surface area contributed by atoms with Gasteiger partial charge in [-0.3, -0.25) is 4.79 Å². The lowest BCUT2D eigenvalue weighted by Gasteiger charge is -2.05. The Labute approximate surface area is 180 Å². The first-order valence-electron chi connectivity index (χ1n) is 8.17. The number of hydrogen-bond donors (Lipinski definition) is 0. The molecule has 140 valence electrons. The van der Waals surface area contributed by atoms with Gasteiger partial charge in [-0.1, -0.05) is 45.2 Å². The highest BCUT2D eigenvalue weighted by Gasteiger charge is 2.09. The first-order chi connectivity index (χ1) is 13.4. The normalized spacial score (nSPS) is 10.8. The van der Waals surface area contributed by atoms with Gasteiger partial charge in [0.1, 0.15) is 5.75 Å². The third-order valence-electron chi connectivity index (χ3n) is 3.81. The molecule has 0 saturated heterocycles. The van der Waals surface area contributed by atoms with Crippen LogP contribution in [0.3, 0.4) is 0 Å². The van der Waals surface area contributed by atoms with Gasteiger partial charge in [-0.2, -0.15) is 0 Å². The Kier molecular flexibility index (Phi) is 6.68. The molecule has 28 heavy (non-hydrogen) atoms. The molecule has 0 bridgehead atoms. The molecule has 0 aliphatic heterocycles. The average Bonchev–Trinajstić information content (AvgIpc) is 2.68. The maximum atomic E-state index is 12.3. The summed E-state index contributed by atoms with van der Waals surface area (Å²) < 4.78 is 6.19. The zero-order valence-corrected chi connectivity index (χ0v) is 17.5. The molecule has 0 amide bonds. The number of carbonyl (C=O) groups excluding carboxylic acids is 2. The van der Waals surface area contributed by atoms with Crippen molar-refractivity contribution in [2.24, 2.45) is 0 Å². The zero-order chi connectivity index (χ0) is 20.1. The van der Waals surface area contributed by atoms with Crippen molar-refractivity contribution >= 4 is 57.0 Å². The highest BCUT2D eigenvalue weighted by Crippen LogP contribution is 2.22. The molecule has 0 aromatic heterocycles. The lowest BCUT2D eigenvalue weighted by atomic mass is 10.1. The Hall–Kier alpha value is -2.40. The Morgan fingerprint density at radius 1 is 0.857 bits per heavy atom. The maximum Gasteiger partial charge on any atom is 0.343 e. The number of halogens is 3. The highest BCUT2D eigenvalue weighted by molar-refractivity contribution is 9.10. The second-order valence-corrected chi connectivity index (χ2v) is 7.54. The van der Waals surface area contributed by atoms with E-state index in [0.717, 1.165) is 4.47 Å². The van der Waals surface area contributed by atoms with E-state index < -0.39 is 5.97 Å². The molecule has 0 N–H and O–H groups in total. The highest BCUT2D eigenvalue weighted by atomic mass is 79.9. The first-order valence-corrected chi connectivity index (χ1v) is 9.72. The fourth-order valence-corrected chi connectivity index (χ4v) is 3.07. The minimum Gasteiger partial charge on any atom is -0.423 e. The van der Waals surface area contributed by atoms with E-state index in [0.29, 0.717) is 32.5 Å². The lowest BCUT2D eigenvalue weighted by molar-refractivity contribution is 0.0734. The average molecular weight is 476 g/mol. The van der Waals surface area contributed by atoms with E-state index in [1.807, 2.05) is 0 Å². The summed E-state index contributed by atoms with van der Waals surface area (Å²) in [6.45, 7) is 0. The van der Waals surface area contributed by atoms with Crippen molar-refractivity contribution in [3.8, 4) is 5.75 Å². The van der Waals surface area contributed by atoms with Gasteiger partial charge >= 0.3 is 5.97 Å². The van der Waals surface area contributed by atoms with Crippen LogP contribution in [0.25, 0.3) is 6.08 Å². The molecular formula is C22H13BrCl2O3. The Morgan fingerprint density at radius 2 is 1.50 bits per heavy atom. The van der Waals surface area contributed by atoms with Crippen LogP contribution in [-0.2, 0) is 0 Å². The molecule has 0 unspecified atom stereocenters. The number of esters is 1. The smallest absolute Gasteiger partial charge is 0.343 e. The molecule has 0 atom stereocenters. The summed E-state index contributed by atoms with van der Waals surface area (Å²) in [4.78, 5) is 24.4. The standard InChI is InChI=1S/C22H13BrCl2O3/c23-17-7-1-16(2-8-17)22(27)28-19-10-4-15(5-11-19)21(26)12-6-14-3-9-18(24)13-20(14)25/h1-13H. The van der Waals surface area contributed by atoms with E-state index in [-0.39, 0.29) is 5.78 Å². The summed E-state index contributed by atoms with van der Waals surface area (Å²) >= 11 is 15.3. The quantitative estimate of drug-likeness (QED) is 0.175. The topological polar surface area (TPSA) is 43.4 Å². The van der Waals surface area contributed by atoms with E-state index in [1.165, 1.54) is 6.08 Å². The molecule has 0 radical (unpaired) electrons. The fourth-order valence-electron chi connectivity index (χ4n) is 2.34. The molecule has 0 fully saturated rings. The van der Waals surface area contributed by atoms with Gasteiger partial charge in [-0.05, 0) is 78.4 Å². The molecule has 0 aliphatic rings. The van der Waals surface area contributed by atoms with Crippen LogP contribution >= 0.6 is 39.1 Å². The van der Waals surface area contributed by atoms with Gasteiger partial charge in [-0.15, -0.1) is 0 Å². The van der Waals surface area contributed by atoms with Crippen molar-refractivity contribution in [1.29, 1.82) is 0 Å². The minimum absolute atomic E-state index is 0.197. The Balaban J connectivity index is 1.66. The molecule has 6 heteroatoms. The molecule has 0 heterocycles. The van der Waals surface area contributed by atoms with Crippen LogP contribution in [0, 0.1) is 0 Å². The number of carbonyl (C=O) groups is 2. The monoisotopic (exact) mass is 474 g/mol. The van der Waals surface area contributed by atoms with E-state index in [9.17, 15) is 9.59 Å². The molecule has 0 spiro atoms. The summed E-state index contributed by atoms with van der Waals surface area (Å²) in [5, 5.41) is 0.994. The second-order valence-electron chi connectivity index (χ2n) is 5.78. The van der Waals surface area contributed by atoms with Crippen LogP contribution in [-0.4, -0.2) is 11.8 Å². The maximum absolute atomic E-state index is 12.3. The molecule has 0 aliphatic carbocycles. The van der Waals surface area contributed by atoms with Gasteiger partial charge in [0, 0.05) is 20.1 Å². The number of ether oxygens (including phenoxy) is 1. The predicted octanol–water partition coefficient (Wildman–Crippen LogP) is 6.87. The van der Waals surface area contributed by atoms with Crippen LogP contribution < -0.4 is 4.74 Å². The fraction of sp³-hybridized carbons (Fsp3) is 0. The van der Waals surface area contributed by atoms with Crippen LogP contribution in [0.15, 0.2) is 77.3 Å². The minimum atomic E-state index is -0.469. The predicted molar refractivity (Wildman–Crippen MR) is 115 cm³/mol. The summed E-state index contributed by atoms with van der Waals surface area (Å²) in [7, 11) is 0. The van der Waals surface area contributed by atoms with Crippen LogP contribution in [0.2, 0.25) is 10.0 Å². The van der Waals surface area contributed by atoms with Gasteiger partial charge < -0.3 is 4.74 Å². The van der Waals surface area contributed by atoms with Gasteiger partial charge in [0.25, 0.3) is 0 Å². The third kappa shape index (κ3) is 5.32. The summed E-state index contributed by atoms with van der Waals surface area (Å²) in [5.74, 6) is -0.310. The summed E-state index contributed by atoms with van der Waals surface area (Å²) in [6.07, 6.45) is 3.06. The SMILES string of the molecule is O=C(C=Cc1ccc(Cl)cc1Cl)c1ccc(OC(=O)c2ccc(Br)cc2)cc1. The van der Waals surface area contributed by atoms with Crippen molar-refractivity contribution in [1.82, 2.24) is 0 Å². The third-order valence-corrected chi connectivity index (χ3v) is 4.90. The number of allylic oxidation sites excluding steroid dienone is 1. The Morgan fingerprint density at radius 3 is 2.14 bits per heavy atom. The van der Waals surface area contributed by atoms with Gasteiger partial charge in [0.15, 0.2) is 5.78 Å². The molecule has 3 rings (SSSR count). The van der Waals surface area contributed by atoms with E-state index in [2.05, 4.69) is 15.9 Å². The zero-order valence-electron chi connectivity index (χ0n) is 14.4. The van der Waals surface area contributed by atoms with E-state index in [4.69, 9.17) is 27.9 Å². The van der Waals surface area contributed by atoms with Gasteiger partial charge in [0.2, 0.25) is 0 Å². The summed E-state index contributed by atoms with van der Waals surface area (Å²) in [5.41, 5.74) is 1.59. The number of ketones is 1. The van der Waals surface area contributed by atoms with Crippen LogP contribution in [0.1, 0.15) is 26.3 Å². The molecule has 3 aromatic rings. The number of hydrogen-bond acceptors (Lipinski definition) is 3. The Bertz CT molecular complexity index is 1040. The molecular weight excluding hydrogens is 463 g/mol. The lowest BCUT2D eigenvalue weighted by Crippen LogP contribution is -2.08. The number of benzene rings is 3. The van der Waals surface area contributed by atoms with Crippen LogP contribution in [0.4, 0.5) is 0 Å². The van der Waals surface area contributed by atoms with Crippen LogP contribution in [0.5, 0.6) is 5.75 Å². The molecule has 0 saturated carbocycles. The van der Waals surface area contributed by atoms with Crippen molar-refractivity contribution < 1.29 is 14.3 Å². The van der Waals surface area contributed by atoms with Crippen molar-refractivity contribution in [3.05, 3.63) is 104 Å². The number of rotatable bonds is 5.